The molecule has 3 rings (SSSR count). The Hall–Kier alpha value is -2.70. The Morgan fingerprint density at radius 2 is 2.00 bits per heavy atom. The van der Waals surface area contributed by atoms with E-state index < -0.39 is 12.1 Å². The fourth-order valence-corrected chi connectivity index (χ4v) is 3.35. The maximum atomic E-state index is 12.2. The molecule has 1 amide bonds. The van der Waals surface area contributed by atoms with E-state index in [0.717, 1.165) is 25.7 Å². The highest BCUT2D eigenvalue weighted by Gasteiger charge is 2.22. The highest BCUT2D eigenvalue weighted by Crippen LogP contribution is 2.17. The van der Waals surface area contributed by atoms with Crippen molar-refractivity contribution in [3.05, 3.63) is 40.4 Å². The molecule has 0 saturated heterocycles. The Bertz CT molecular complexity index is 871. The zero-order valence-electron chi connectivity index (χ0n) is 15.5. The van der Waals surface area contributed by atoms with Crippen LogP contribution in [-0.2, 0) is 20.7 Å². The van der Waals surface area contributed by atoms with Gasteiger partial charge in [-0.15, -0.1) is 0 Å². The Kier molecular flexibility index (Phi) is 6.21. The van der Waals surface area contributed by atoms with E-state index >= 15 is 0 Å². The summed E-state index contributed by atoms with van der Waals surface area (Å²) in [4.78, 5) is 43.3. The first-order chi connectivity index (χ1) is 13.0. The molecule has 2 aromatic rings. The van der Waals surface area contributed by atoms with E-state index in [1.165, 1.54) is 6.42 Å². The number of aromatic nitrogens is 2. The number of benzene rings is 1. The predicted octanol–water partition coefficient (Wildman–Crippen LogP) is 2.24. The normalized spacial score (nSPS) is 16.0. The van der Waals surface area contributed by atoms with Gasteiger partial charge in [0.2, 0.25) is 0 Å². The van der Waals surface area contributed by atoms with E-state index in [0.29, 0.717) is 16.7 Å². The van der Waals surface area contributed by atoms with Crippen LogP contribution in [0.4, 0.5) is 0 Å². The second kappa shape index (κ2) is 8.79. The number of ether oxygens (including phenoxy) is 1. The SMILES string of the molecule is C[C@H](OC(=O)CCc1nc2ccccc2c(=O)[nH]1)C(=O)NC1CCCCC1. The zero-order valence-corrected chi connectivity index (χ0v) is 15.5. The van der Waals surface area contributed by atoms with Crippen molar-refractivity contribution in [3.8, 4) is 0 Å². The minimum Gasteiger partial charge on any atom is -0.453 e. The molecule has 0 unspecified atom stereocenters. The van der Waals surface area contributed by atoms with Crippen LogP contribution < -0.4 is 10.9 Å². The Morgan fingerprint density at radius 1 is 1.26 bits per heavy atom. The minimum atomic E-state index is -0.831. The highest BCUT2D eigenvalue weighted by molar-refractivity contribution is 5.83. The molecule has 1 atom stereocenters. The number of esters is 1. The lowest BCUT2D eigenvalue weighted by molar-refractivity contribution is -0.155. The van der Waals surface area contributed by atoms with Gasteiger partial charge in [0.1, 0.15) is 5.82 Å². The largest absolute Gasteiger partial charge is 0.453 e. The lowest BCUT2D eigenvalue weighted by Crippen LogP contribution is -2.42. The number of hydrogen-bond donors (Lipinski definition) is 2. The molecule has 1 heterocycles. The van der Waals surface area contributed by atoms with E-state index in [4.69, 9.17) is 4.74 Å². The number of H-pyrrole nitrogens is 1. The molecule has 1 fully saturated rings. The second-order valence-corrected chi connectivity index (χ2v) is 7.01. The third kappa shape index (κ3) is 5.15. The number of nitrogens with zero attached hydrogens (tertiary/aromatic N) is 1. The molecule has 1 saturated carbocycles. The van der Waals surface area contributed by atoms with Crippen LogP contribution in [-0.4, -0.2) is 34.0 Å². The van der Waals surface area contributed by atoms with Gasteiger partial charge in [0.15, 0.2) is 6.10 Å². The maximum absolute atomic E-state index is 12.2. The summed E-state index contributed by atoms with van der Waals surface area (Å²) in [5, 5.41) is 3.46. The first-order valence-electron chi connectivity index (χ1n) is 9.51. The van der Waals surface area contributed by atoms with Crippen molar-refractivity contribution in [2.45, 2.75) is 64.0 Å². The number of aromatic amines is 1. The van der Waals surface area contributed by atoms with Crippen molar-refractivity contribution in [1.82, 2.24) is 15.3 Å². The predicted molar refractivity (Wildman–Crippen MR) is 101 cm³/mol. The van der Waals surface area contributed by atoms with Crippen LogP contribution in [0.1, 0.15) is 51.3 Å². The topological polar surface area (TPSA) is 101 Å². The fraction of sp³-hybridized carbons (Fsp3) is 0.500. The van der Waals surface area contributed by atoms with Crippen LogP contribution in [0.15, 0.2) is 29.1 Å². The maximum Gasteiger partial charge on any atom is 0.307 e. The molecule has 0 aliphatic heterocycles. The zero-order chi connectivity index (χ0) is 19.2. The van der Waals surface area contributed by atoms with Crippen LogP contribution in [0.25, 0.3) is 10.9 Å². The Balaban J connectivity index is 1.50. The van der Waals surface area contributed by atoms with Gasteiger partial charge in [0, 0.05) is 12.5 Å². The third-order valence-electron chi connectivity index (χ3n) is 4.86. The molecule has 0 spiro atoms. The number of amides is 1. The number of para-hydroxylation sites is 1. The Morgan fingerprint density at radius 3 is 2.78 bits per heavy atom. The van der Waals surface area contributed by atoms with Crippen LogP contribution in [0.5, 0.6) is 0 Å². The van der Waals surface area contributed by atoms with Gasteiger partial charge in [-0.3, -0.25) is 14.4 Å². The van der Waals surface area contributed by atoms with Gasteiger partial charge < -0.3 is 15.0 Å². The molecule has 0 radical (unpaired) electrons. The molecule has 1 aromatic heterocycles. The summed E-state index contributed by atoms with van der Waals surface area (Å²) in [6.07, 6.45) is 4.87. The summed E-state index contributed by atoms with van der Waals surface area (Å²) in [6, 6.07) is 7.21. The van der Waals surface area contributed by atoms with Crippen molar-refractivity contribution in [2.24, 2.45) is 0 Å². The fourth-order valence-electron chi connectivity index (χ4n) is 3.35. The van der Waals surface area contributed by atoms with Gasteiger partial charge in [-0.05, 0) is 31.9 Å². The summed E-state index contributed by atoms with van der Waals surface area (Å²) < 4.78 is 5.22. The van der Waals surface area contributed by atoms with Crippen LogP contribution in [0, 0.1) is 0 Å². The summed E-state index contributed by atoms with van der Waals surface area (Å²) in [5.74, 6) is -0.320. The Labute approximate surface area is 157 Å². The highest BCUT2D eigenvalue weighted by atomic mass is 16.5. The molecule has 0 bridgehead atoms. The van der Waals surface area contributed by atoms with Crippen LogP contribution >= 0.6 is 0 Å². The molecule has 1 aliphatic carbocycles. The van der Waals surface area contributed by atoms with Gasteiger partial charge in [-0.25, -0.2) is 4.98 Å². The van der Waals surface area contributed by atoms with Crippen molar-refractivity contribution >= 4 is 22.8 Å². The quantitative estimate of drug-likeness (QED) is 0.759. The van der Waals surface area contributed by atoms with Gasteiger partial charge in [-0.2, -0.15) is 0 Å². The molecule has 7 heteroatoms. The van der Waals surface area contributed by atoms with E-state index in [9.17, 15) is 14.4 Å². The summed E-state index contributed by atoms with van der Waals surface area (Å²) in [6.45, 7) is 1.58. The van der Waals surface area contributed by atoms with Gasteiger partial charge >= 0.3 is 5.97 Å². The number of carbonyl (C=O) groups is 2. The van der Waals surface area contributed by atoms with Crippen molar-refractivity contribution in [1.29, 1.82) is 0 Å². The number of hydrogen-bond acceptors (Lipinski definition) is 5. The lowest BCUT2D eigenvalue weighted by atomic mass is 9.95. The van der Waals surface area contributed by atoms with E-state index in [2.05, 4.69) is 15.3 Å². The smallest absolute Gasteiger partial charge is 0.307 e. The number of aryl methyl sites for hydroxylation is 1. The number of carbonyl (C=O) groups excluding carboxylic acids is 2. The average molecular weight is 371 g/mol. The molecular weight excluding hydrogens is 346 g/mol. The van der Waals surface area contributed by atoms with Gasteiger partial charge in [0.25, 0.3) is 11.5 Å². The first kappa shape index (κ1) is 19.1. The molecular formula is C20H25N3O4. The average Bonchev–Trinajstić information content (AvgIpc) is 2.67. The van der Waals surface area contributed by atoms with Crippen LogP contribution in [0.2, 0.25) is 0 Å². The van der Waals surface area contributed by atoms with Crippen LogP contribution in [0.3, 0.4) is 0 Å². The van der Waals surface area contributed by atoms with Gasteiger partial charge in [0.05, 0.1) is 17.3 Å². The number of fused-ring (bicyclic) bond motifs is 1. The van der Waals surface area contributed by atoms with E-state index in [1.54, 1.807) is 31.2 Å². The van der Waals surface area contributed by atoms with E-state index in [1.807, 2.05) is 0 Å². The standard InChI is InChI=1S/C20H25N3O4/c1-13(19(25)21-14-7-3-2-4-8-14)27-18(24)12-11-17-22-16-10-6-5-9-15(16)20(26)23-17/h5-6,9-10,13-14H,2-4,7-8,11-12H2,1H3,(H,21,25)(H,22,23,26)/t13-/m0/s1. The van der Waals surface area contributed by atoms with Crippen molar-refractivity contribution in [3.63, 3.8) is 0 Å². The minimum absolute atomic E-state index is 0.0440. The monoisotopic (exact) mass is 371 g/mol. The number of nitrogens with one attached hydrogen (secondary N) is 2. The molecule has 1 aliphatic rings. The van der Waals surface area contributed by atoms with Crippen molar-refractivity contribution in [2.75, 3.05) is 0 Å². The second-order valence-electron chi connectivity index (χ2n) is 7.01. The molecule has 1 aromatic carbocycles. The molecule has 2 N–H and O–H groups in total. The lowest BCUT2D eigenvalue weighted by Gasteiger charge is -2.24. The molecule has 144 valence electrons. The first-order valence-corrected chi connectivity index (χ1v) is 9.51. The van der Waals surface area contributed by atoms with Crippen molar-refractivity contribution < 1.29 is 14.3 Å². The molecule has 27 heavy (non-hydrogen) atoms. The summed E-state index contributed by atoms with van der Waals surface area (Å²) >= 11 is 0. The third-order valence-corrected chi connectivity index (χ3v) is 4.86. The number of rotatable bonds is 6. The summed E-state index contributed by atoms with van der Waals surface area (Å²) in [5.41, 5.74) is 0.356. The summed E-state index contributed by atoms with van der Waals surface area (Å²) in [7, 11) is 0. The van der Waals surface area contributed by atoms with E-state index in [-0.39, 0.29) is 30.3 Å². The van der Waals surface area contributed by atoms with Gasteiger partial charge in [-0.1, -0.05) is 31.4 Å². The molecule has 7 nitrogen and oxygen atoms in total.